The molecule has 7 nitrogen and oxygen atoms in total. The third-order valence-corrected chi connectivity index (χ3v) is 5.94. The fourth-order valence-corrected chi connectivity index (χ4v) is 4.19. The first-order valence-corrected chi connectivity index (χ1v) is 10.8. The van der Waals surface area contributed by atoms with E-state index in [9.17, 15) is 4.79 Å². The number of likely N-dealkylation sites (tertiary alicyclic amines) is 1. The van der Waals surface area contributed by atoms with Crippen molar-refractivity contribution in [3.63, 3.8) is 0 Å². The first-order valence-electron chi connectivity index (χ1n) is 10.4. The smallest absolute Gasteiger partial charge is 0.254 e. The third kappa shape index (κ3) is 4.82. The molecule has 160 valence electrons. The number of carbonyl (C=O) groups excluding carboxylic acids is 1. The quantitative estimate of drug-likeness (QED) is 0.643. The molecule has 4 rings (SSSR count). The van der Waals surface area contributed by atoms with Crippen LogP contribution < -0.4 is 5.32 Å². The van der Waals surface area contributed by atoms with Gasteiger partial charge < -0.3 is 10.2 Å². The van der Waals surface area contributed by atoms with Gasteiger partial charge in [-0.25, -0.2) is 19.9 Å². The normalized spacial score (nSPS) is 18.6. The number of rotatable bonds is 5. The van der Waals surface area contributed by atoms with E-state index in [1.54, 1.807) is 24.8 Å². The SMILES string of the molecule is Cc1ccc(-c2cncnc2)c(C(=O)N2CCC[C@@H](C)[C@H]2CNc2ncc(Cl)cn2)c1. The Bertz CT molecular complexity index is 1040. The van der Waals surface area contributed by atoms with Crippen LogP contribution in [0.5, 0.6) is 0 Å². The Balaban J connectivity index is 1.61. The van der Waals surface area contributed by atoms with Gasteiger partial charge in [-0.3, -0.25) is 4.79 Å². The first-order chi connectivity index (χ1) is 15.0. The predicted octanol–water partition coefficient (Wildman–Crippen LogP) is 4.25. The molecule has 2 atom stereocenters. The van der Waals surface area contributed by atoms with E-state index in [4.69, 9.17) is 11.6 Å². The monoisotopic (exact) mass is 436 g/mol. The topological polar surface area (TPSA) is 83.9 Å². The van der Waals surface area contributed by atoms with Crippen molar-refractivity contribution >= 4 is 23.5 Å². The number of aromatic nitrogens is 4. The highest BCUT2D eigenvalue weighted by atomic mass is 35.5. The van der Waals surface area contributed by atoms with Gasteiger partial charge in [-0.2, -0.15) is 0 Å². The summed E-state index contributed by atoms with van der Waals surface area (Å²) in [4.78, 5) is 32.4. The van der Waals surface area contributed by atoms with Crippen LogP contribution in [-0.4, -0.2) is 49.9 Å². The molecular formula is C23H25ClN6O. The molecule has 1 amide bonds. The van der Waals surface area contributed by atoms with Crippen LogP contribution >= 0.6 is 11.6 Å². The molecule has 1 fully saturated rings. The van der Waals surface area contributed by atoms with Crippen LogP contribution in [0.25, 0.3) is 11.1 Å². The van der Waals surface area contributed by atoms with Crippen LogP contribution in [0.15, 0.2) is 49.3 Å². The minimum atomic E-state index is 0.0259. The van der Waals surface area contributed by atoms with Gasteiger partial charge in [0.25, 0.3) is 5.91 Å². The summed E-state index contributed by atoms with van der Waals surface area (Å²) >= 11 is 5.88. The van der Waals surface area contributed by atoms with Crippen molar-refractivity contribution in [2.75, 3.05) is 18.4 Å². The second-order valence-corrected chi connectivity index (χ2v) is 8.40. The summed E-state index contributed by atoms with van der Waals surface area (Å²) in [5.41, 5.74) is 3.40. The number of hydrogen-bond donors (Lipinski definition) is 1. The number of nitrogens with one attached hydrogen (secondary N) is 1. The lowest BCUT2D eigenvalue weighted by Crippen LogP contribution is -2.51. The largest absolute Gasteiger partial charge is 0.352 e. The molecule has 0 unspecified atom stereocenters. The summed E-state index contributed by atoms with van der Waals surface area (Å²) in [5, 5.41) is 3.76. The molecule has 0 radical (unpaired) electrons. The summed E-state index contributed by atoms with van der Waals surface area (Å²) < 4.78 is 0. The van der Waals surface area contributed by atoms with Crippen LogP contribution in [0.4, 0.5) is 5.95 Å². The number of piperidine rings is 1. The van der Waals surface area contributed by atoms with Crippen LogP contribution in [0.3, 0.4) is 0 Å². The molecule has 0 bridgehead atoms. The maximum atomic E-state index is 13.8. The van der Waals surface area contributed by atoms with Crippen LogP contribution in [-0.2, 0) is 0 Å². The fourth-order valence-electron chi connectivity index (χ4n) is 4.09. The van der Waals surface area contributed by atoms with Gasteiger partial charge in [-0.1, -0.05) is 36.2 Å². The predicted molar refractivity (Wildman–Crippen MR) is 121 cm³/mol. The standard InChI is InChI=1S/C23H25ClN6O/c1-15-5-6-19(17-9-25-14-26-10-17)20(8-15)22(31)30-7-3-4-16(2)21(30)13-29-23-27-11-18(24)12-28-23/h5-6,8-12,14,16,21H,3-4,7,13H2,1-2H3,(H,27,28,29)/t16-,21-/m1/s1. The van der Waals surface area contributed by atoms with Crippen molar-refractivity contribution in [2.45, 2.75) is 32.7 Å². The summed E-state index contributed by atoms with van der Waals surface area (Å²) in [5.74, 6) is 0.885. The van der Waals surface area contributed by atoms with E-state index in [-0.39, 0.29) is 11.9 Å². The number of halogens is 1. The average molecular weight is 437 g/mol. The molecule has 3 heterocycles. The Hall–Kier alpha value is -3.06. The molecular weight excluding hydrogens is 412 g/mol. The Morgan fingerprint density at radius 1 is 1.19 bits per heavy atom. The Kier molecular flexibility index (Phi) is 6.42. The van der Waals surface area contributed by atoms with Gasteiger partial charge in [0, 0.05) is 36.6 Å². The van der Waals surface area contributed by atoms with Crippen molar-refractivity contribution in [1.29, 1.82) is 0 Å². The van der Waals surface area contributed by atoms with E-state index < -0.39 is 0 Å². The molecule has 1 aliphatic rings. The van der Waals surface area contributed by atoms with Crippen molar-refractivity contribution in [3.8, 4) is 11.1 Å². The molecule has 8 heteroatoms. The third-order valence-electron chi connectivity index (χ3n) is 5.74. The van der Waals surface area contributed by atoms with Crippen molar-refractivity contribution in [2.24, 2.45) is 5.92 Å². The lowest BCUT2D eigenvalue weighted by molar-refractivity contribution is 0.0540. The molecule has 0 aliphatic carbocycles. The molecule has 1 N–H and O–H groups in total. The molecule has 0 spiro atoms. The molecule has 1 saturated heterocycles. The molecule has 0 saturated carbocycles. The summed E-state index contributed by atoms with van der Waals surface area (Å²) in [6.07, 6.45) is 10.2. The maximum Gasteiger partial charge on any atom is 0.254 e. The zero-order valence-corrected chi connectivity index (χ0v) is 18.4. The van der Waals surface area contributed by atoms with E-state index in [1.165, 1.54) is 6.33 Å². The zero-order valence-electron chi connectivity index (χ0n) is 17.6. The van der Waals surface area contributed by atoms with Gasteiger partial charge >= 0.3 is 0 Å². The second-order valence-electron chi connectivity index (χ2n) is 7.97. The lowest BCUT2D eigenvalue weighted by atomic mass is 9.89. The highest BCUT2D eigenvalue weighted by molar-refractivity contribution is 6.30. The van der Waals surface area contributed by atoms with E-state index >= 15 is 0 Å². The number of aryl methyl sites for hydroxylation is 1. The average Bonchev–Trinajstić information content (AvgIpc) is 2.79. The summed E-state index contributed by atoms with van der Waals surface area (Å²) in [7, 11) is 0. The van der Waals surface area contributed by atoms with E-state index in [0.717, 1.165) is 36.1 Å². The van der Waals surface area contributed by atoms with Crippen LogP contribution in [0.1, 0.15) is 35.7 Å². The lowest BCUT2D eigenvalue weighted by Gasteiger charge is -2.40. The van der Waals surface area contributed by atoms with Gasteiger partial charge in [-0.05, 0) is 37.3 Å². The number of benzene rings is 1. The van der Waals surface area contributed by atoms with Crippen LogP contribution in [0.2, 0.25) is 5.02 Å². The molecule has 1 aromatic carbocycles. The summed E-state index contributed by atoms with van der Waals surface area (Å²) in [6, 6.07) is 5.97. The maximum absolute atomic E-state index is 13.8. The Labute approximate surface area is 186 Å². The minimum absolute atomic E-state index is 0.0259. The van der Waals surface area contributed by atoms with Crippen molar-refractivity contribution in [3.05, 3.63) is 65.5 Å². The molecule has 31 heavy (non-hydrogen) atoms. The van der Waals surface area contributed by atoms with Gasteiger partial charge in [0.15, 0.2) is 0 Å². The molecule has 3 aromatic rings. The van der Waals surface area contributed by atoms with Gasteiger partial charge in [0.2, 0.25) is 5.95 Å². The fraction of sp³-hybridized carbons (Fsp3) is 0.348. The number of anilines is 1. The minimum Gasteiger partial charge on any atom is -0.352 e. The van der Waals surface area contributed by atoms with Gasteiger partial charge in [0.05, 0.1) is 23.5 Å². The highest BCUT2D eigenvalue weighted by Crippen LogP contribution is 2.29. The number of hydrogen-bond acceptors (Lipinski definition) is 6. The van der Waals surface area contributed by atoms with Gasteiger partial charge in [-0.15, -0.1) is 0 Å². The van der Waals surface area contributed by atoms with E-state index in [0.29, 0.717) is 29.0 Å². The first kappa shape index (κ1) is 21.2. The van der Waals surface area contributed by atoms with Crippen LogP contribution in [0, 0.1) is 12.8 Å². The number of amides is 1. The van der Waals surface area contributed by atoms with Crippen molar-refractivity contribution in [1.82, 2.24) is 24.8 Å². The van der Waals surface area contributed by atoms with E-state index in [1.807, 2.05) is 30.0 Å². The molecule has 1 aliphatic heterocycles. The molecule has 2 aromatic heterocycles. The van der Waals surface area contributed by atoms with Gasteiger partial charge in [0.1, 0.15) is 6.33 Å². The van der Waals surface area contributed by atoms with Crippen molar-refractivity contribution < 1.29 is 4.79 Å². The zero-order chi connectivity index (χ0) is 21.8. The number of nitrogens with zero attached hydrogens (tertiary/aromatic N) is 5. The van der Waals surface area contributed by atoms with E-state index in [2.05, 4.69) is 32.2 Å². The second kappa shape index (κ2) is 9.39. The highest BCUT2D eigenvalue weighted by Gasteiger charge is 2.33. The summed E-state index contributed by atoms with van der Waals surface area (Å²) in [6.45, 7) is 5.48. The Morgan fingerprint density at radius 3 is 2.68 bits per heavy atom. The number of carbonyl (C=O) groups is 1. The Morgan fingerprint density at radius 2 is 1.94 bits per heavy atom.